The van der Waals surface area contributed by atoms with E-state index in [1.54, 1.807) is 6.07 Å². The zero-order valence-corrected chi connectivity index (χ0v) is 21.9. The maximum Gasteiger partial charge on any atom is 0.405 e. The molecule has 0 radical (unpaired) electrons. The molecule has 1 unspecified atom stereocenters. The summed E-state index contributed by atoms with van der Waals surface area (Å²) in [6.45, 7) is 2.37. The first-order valence-corrected chi connectivity index (χ1v) is 13.9. The van der Waals surface area contributed by atoms with E-state index in [2.05, 4.69) is 15.3 Å². The minimum atomic E-state index is -1.02. The number of fused-ring (bicyclic) bond motifs is 4. The molecule has 10 heteroatoms. The lowest BCUT2D eigenvalue weighted by molar-refractivity contribution is -0.162. The summed E-state index contributed by atoms with van der Waals surface area (Å²) in [5.74, 6) is 0.0845. The number of pyridine rings is 2. The number of hydrogen-bond acceptors (Lipinski definition) is 7. The SMILES string of the molecule is O=C(O)NC12CCC(CCc3c(F)cnc4ccc(OCCCCCOC5CCCCO5)nc34)(CC1)OC2. The molecule has 1 atom stereocenters. The van der Waals surface area contributed by atoms with Crippen LogP contribution in [0, 0.1) is 5.82 Å². The molecule has 1 aliphatic carbocycles. The first-order valence-electron chi connectivity index (χ1n) is 13.9. The van der Waals surface area contributed by atoms with Crippen LogP contribution in [0.25, 0.3) is 11.0 Å². The maximum absolute atomic E-state index is 14.9. The molecule has 1 amide bonds. The van der Waals surface area contributed by atoms with Crippen molar-refractivity contribution in [1.29, 1.82) is 0 Å². The third-order valence-electron chi connectivity index (χ3n) is 8.20. The Labute approximate surface area is 222 Å². The second-order valence-corrected chi connectivity index (χ2v) is 10.9. The molecule has 38 heavy (non-hydrogen) atoms. The Morgan fingerprint density at radius 1 is 1.16 bits per heavy atom. The molecule has 1 saturated carbocycles. The number of nitrogens with zero attached hydrogens (tertiary/aromatic N) is 2. The number of aromatic nitrogens is 2. The van der Waals surface area contributed by atoms with Gasteiger partial charge in [0.15, 0.2) is 6.29 Å². The number of carboxylic acid groups (broad SMARTS) is 1. The van der Waals surface area contributed by atoms with Crippen molar-refractivity contribution >= 4 is 17.1 Å². The predicted octanol–water partition coefficient (Wildman–Crippen LogP) is 5.14. The Hall–Kier alpha value is -2.56. The average molecular weight is 532 g/mol. The number of ether oxygens (including phenoxy) is 4. The quantitative estimate of drug-likeness (QED) is 0.362. The number of carbonyl (C=O) groups is 1. The lowest BCUT2D eigenvalue weighted by Gasteiger charge is -2.53. The second-order valence-electron chi connectivity index (χ2n) is 10.9. The maximum atomic E-state index is 14.9. The molecular formula is C28H38FN3O6. The fourth-order valence-corrected chi connectivity index (χ4v) is 5.84. The van der Waals surface area contributed by atoms with E-state index in [4.69, 9.17) is 24.1 Å². The van der Waals surface area contributed by atoms with Gasteiger partial charge in [-0.05, 0) is 83.1 Å². The van der Waals surface area contributed by atoms with Crippen molar-refractivity contribution in [2.75, 3.05) is 26.4 Å². The highest BCUT2D eigenvalue weighted by Gasteiger charge is 2.50. The Bertz CT molecular complexity index is 1080. The third kappa shape index (κ3) is 6.52. The van der Waals surface area contributed by atoms with E-state index in [9.17, 15) is 9.18 Å². The van der Waals surface area contributed by atoms with Crippen LogP contribution in [0.1, 0.15) is 76.2 Å². The van der Waals surface area contributed by atoms with Crippen LogP contribution in [0.2, 0.25) is 0 Å². The third-order valence-corrected chi connectivity index (χ3v) is 8.20. The van der Waals surface area contributed by atoms with E-state index >= 15 is 0 Å². The summed E-state index contributed by atoms with van der Waals surface area (Å²) in [5, 5.41) is 11.8. The largest absolute Gasteiger partial charge is 0.478 e. The molecule has 3 saturated heterocycles. The number of amides is 1. The molecule has 0 spiro atoms. The normalized spacial score (nSPS) is 26.9. The van der Waals surface area contributed by atoms with Gasteiger partial charge in [-0.3, -0.25) is 4.98 Å². The van der Waals surface area contributed by atoms with Gasteiger partial charge in [0.25, 0.3) is 0 Å². The van der Waals surface area contributed by atoms with Crippen molar-refractivity contribution in [2.24, 2.45) is 0 Å². The fraction of sp³-hybridized carbons (Fsp3) is 0.679. The summed E-state index contributed by atoms with van der Waals surface area (Å²) in [7, 11) is 0. The van der Waals surface area contributed by atoms with Crippen LogP contribution >= 0.6 is 0 Å². The molecule has 2 N–H and O–H groups in total. The number of aryl methyl sites for hydroxylation is 1. The summed E-state index contributed by atoms with van der Waals surface area (Å²) in [5.41, 5.74) is 0.823. The van der Waals surface area contributed by atoms with Gasteiger partial charge in [0.05, 0.1) is 41.6 Å². The molecule has 5 heterocycles. The molecule has 2 aromatic heterocycles. The van der Waals surface area contributed by atoms with Crippen molar-refractivity contribution in [2.45, 2.75) is 94.5 Å². The van der Waals surface area contributed by atoms with Gasteiger partial charge >= 0.3 is 6.09 Å². The van der Waals surface area contributed by atoms with Crippen molar-refractivity contribution in [3.8, 4) is 5.88 Å². The van der Waals surface area contributed by atoms with Gasteiger partial charge in [-0.1, -0.05) is 0 Å². The lowest BCUT2D eigenvalue weighted by Crippen LogP contribution is -2.62. The van der Waals surface area contributed by atoms with Gasteiger partial charge in [0, 0.05) is 24.8 Å². The number of halogens is 1. The summed E-state index contributed by atoms with van der Waals surface area (Å²) in [4.78, 5) is 20.0. The van der Waals surface area contributed by atoms with Gasteiger partial charge in [0.1, 0.15) is 5.82 Å². The van der Waals surface area contributed by atoms with Crippen LogP contribution < -0.4 is 10.1 Å². The monoisotopic (exact) mass is 531 g/mol. The fourth-order valence-electron chi connectivity index (χ4n) is 5.84. The van der Waals surface area contributed by atoms with E-state index in [-0.39, 0.29) is 17.7 Å². The summed E-state index contributed by atoms with van der Waals surface area (Å²) < 4.78 is 38.3. The van der Waals surface area contributed by atoms with Crippen molar-refractivity contribution in [3.63, 3.8) is 0 Å². The standard InChI is InChI=1S/C28H38FN3O6/c29-21-18-30-22-7-8-23(35-15-3-1-4-16-36-24-6-2-5-17-37-24)31-25(22)20(21)9-10-28-13-11-27(12-14-28,19-38-28)32-26(33)34/h7-8,18,24,32H,1-6,9-17,19H2,(H,33,34). The topological polar surface area (TPSA) is 112 Å². The Morgan fingerprint density at radius 3 is 2.74 bits per heavy atom. The lowest BCUT2D eigenvalue weighted by atomic mass is 9.69. The number of hydrogen-bond donors (Lipinski definition) is 2. The first-order chi connectivity index (χ1) is 18.5. The Kier molecular flexibility index (Phi) is 8.60. The Morgan fingerprint density at radius 2 is 2.00 bits per heavy atom. The molecule has 6 rings (SSSR count). The van der Waals surface area contributed by atoms with E-state index in [0.29, 0.717) is 55.1 Å². The van der Waals surface area contributed by atoms with Crippen LogP contribution in [-0.4, -0.2) is 65.0 Å². The van der Waals surface area contributed by atoms with Crippen molar-refractivity contribution in [1.82, 2.24) is 15.3 Å². The van der Waals surface area contributed by atoms with Crippen LogP contribution in [0.5, 0.6) is 5.88 Å². The molecule has 2 aromatic rings. The highest BCUT2D eigenvalue weighted by atomic mass is 19.1. The van der Waals surface area contributed by atoms with Crippen LogP contribution in [0.4, 0.5) is 9.18 Å². The van der Waals surface area contributed by atoms with Gasteiger partial charge in [-0.2, -0.15) is 0 Å². The van der Waals surface area contributed by atoms with E-state index in [1.165, 1.54) is 12.6 Å². The highest BCUT2D eigenvalue weighted by molar-refractivity contribution is 5.78. The van der Waals surface area contributed by atoms with Crippen molar-refractivity contribution in [3.05, 3.63) is 29.7 Å². The van der Waals surface area contributed by atoms with Gasteiger partial charge in [-0.15, -0.1) is 0 Å². The van der Waals surface area contributed by atoms with E-state index in [1.807, 2.05) is 6.07 Å². The minimum Gasteiger partial charge on any atom is -0.478 e. The molecule has 208 valence electrons. The second kappa shape index (κ2) is 12.1. The molecule has 3 aliphatic heterocycles. The highest BCUT2D eigenvalue weighted by Crippen LogP contribution is 2.46. The zero-order valence-electron chi connectivity index (χ0n) is 21.9. The zero-order chi connectivity index (χ0) is 26.4. The summed E-state index contributed by atoms with van der Waals surface area (Å²) >= 11 is 0. The van der Waals surface area contributed by atoms with Crippen molar-refractivity contribution < 1.29 is 33.2 Å². The molecule has 9 nitrogen and oxygen atoms in total. The minimum absolute atomic E-state index is 0.0464. The summed E-state index contributed by atoms with van der Waals surface area (Å²) in [6.07, 6.45) is 10.3. The predicted molar refractivity (Wildman–Crippen MR) is 138 cm³/mol. The number of nitrogens with one attached hydrogen (secondary N) is 1. The summed E-state index contributed by atoms with van der Waals surface area (Å²) in [6, 6.07) is 3.60. The molecule has 2 bridgehead atoms. The van der Waals surface area contributed by atoms with E-state index in [0.717, 1.165) is 64.4 Å². The molecular weight excluding hydrogens is 493 g/mol. The van der Waals surface area contributed by atoms with Crippen LogP contribution in [0.3, 0.4) is 0 Å². The molecule has 0 aromatic carbocycles. The van der Waals surface area contributed by atoms with Gasteiger partial charge in [0.2, 0.25) is 5.88 Å². The van der Waals surface area contributed by atoms with Gasteiger partial charge in [-0.25, -0.2) is 14.2 Å². The van der Waals surface area contributed by atoms with Crippen LogP contribution in [0.15, 0.2) is 18.3 Å². The first kappa shape index (κ1) is 27.0. The molecule has 4 fully saturated rings. The number of rotatable bonds is 12. The average Bonchev–Trinajstić information content (AvgIpc) is 2.93. The smallest absolute Gasteiger partial charge is 0.405 e. The number of unbranched alkanes of at least 4 members (excludes halogenated alkanes) is 2. The van der Waals surface area contributed by atoms with Crippen LogP contribution in [-0.2, 0) is 20.6 Å². The van der Waals surface area contributed by atoms with Gasteiger partial charge < -0.3 is 29.4 Å². The molecule has 4 aliphatic rings. The Balaban J connectivity index is 1.12. The van der Waals surface area contributed by atoms with E-state index < -0.39 is 11.6 Å².